The molecule has 0 bridgehead atoms. The van der Waals surface area contributed by atoms with Crippen molar-refractivity contribution in [1.29, 1.82) is 0 Å². The summed E-state index contributed by atoms with van der Waals surface area (Å²) in [6.07, 6.45) is 0. The highest BCUT2D eigenvalue weighted by Crippen LogP contribution is 2.28. The normalized spacial score (nSPS) is 9.89. The third-order valence-corrected chi connectivity index (χ3v) is 4.80. The van der Waals surface area contributed by atoms with Crippen LogP contribution >= 0.6 is 23.1 Å². The van der Waals surface area contributed by atoms with E-state index in [2.05, 4.69) is 54.5 Å². The van der Waals surface area contributed by atoms with Crippen molar-refractivity contribution in [2.24, 2.45) is 5.73 Å². The summed E-state index contributed by atoms with van der Waals surface area (Å²) < 4.78 is 0. The first kappa shape index (κ1) is 13.2. The van der Waals surface area contributed by atoms with Gasteiger partial charge >= 0.3 is 0 Å². The van der Waals surface area contributed by atoms with E-state index in [1.165, 1.54) is 15.3 Å². The zero-order valence-corrected chi connectivity index (χ0v) is 11.9. The molecule has 1 aromatic carbocycles. The van der Waals surface area contributed by atoms with Gasteiger partial charge in [0.15, 0.2) is 0 Å². The number of hydrogen-bond donors (Lipinski definition) is 1. The van der Waals surface area contributed by atoms with Gasteiger partial charge in [-0.15, -0.1) is 23.1 Å². The van der Waals surface area contributed by atoms with Crippen LogP contribution in [0.3, 0.4) is 0 Å². The van der Waals surface area contributed by atoms with E-state index >= 15 is 0 Å². The highest BCUT2D eigenvalue weighted by atomic mass is 32.2. The molecule has 0 aliphatic heterocycles. The van der Waals surface area contributed by atoms with Gasteiger partial charge in [0, 0.05) is 26.5 Å². The van der Waals surface area contributed by atoms with E-state index in [0.717, 1.165) is 11.3 Å². The Morgan fingerprint density at radius 1 is 1.33 bits per heavy atom. The second kappa shape index (κ2) is 6.65. The molecule has 18 heavy (non-hydrogen) atoms. The van der Waals surface area contributed by atoms with Crippen molar-refractivity contribution in [3.63, 3.8) is 0 Å². The summed E-state index contributed by atoms with van der Waals surface area (Å²) in [7, 11) is 0. The maximum absolute atomic E-state index is 5.36. The van der Waals surface area contributed by atoms with E-state index in [1.54, 1.807) is 11.3 Å². The lowest BCUT2D eigenvalue weighted by Crippen LogP contribution is -1.92. The SMILES string of the molecule is Cc1ccccc1SCc1cc(C#CCN)cs1. The highest BCUT2D eigenvalue weighted by Gasteiger charge is 2.01. The third-order valence-electron chi connectivity index (χ3n) is 2.45. The first-order valence-electron chi connectivity index (χ1n) is 5.74. The van der Waals surface area contributed by atoms with Crippen molar-refractivity contribution >= 4 is 23.1 Å². The van der Waals surface area contributed by atoms with Crippen LogP contribution in [0.15, 0.2) is 40.6 Å². The number of aryl methyl sites for hydroxylation is 1. The van der Waals surface area contributed by atoms with Crippen LogP contribution in [0.2, 0.25) is 0 Å². The molecule has 2 N–H and O–H groups in total. The molecule has 0 radical (unpaired) electrons. The molecule has 1 nitrogen and oxygen atoms in total. The molecule has 0 atom stereocenters. The molecule has 0 saturated heterocycles. The van der Waals surface area contributed by atoms with Gasteiger partial charge in [0.2, 0.25) is 0 Å². The van der Waals surface area contributed by atoms with Gasteiger partial charge in [0.1, 0.15) is 0 Å². The molecule has 1 aromatic heterocycles. The van der Waals surface area contributed by atoms with Gasteiger partial charge in [-0.25, -0.2) is 0 Å². The van der Waals surface area contributed by atoms with E-state index in [-0.39, 0.29) is 0 Å². The fraction of sp³-hybridized carbons (Fsp3) is 0.200. The Balaban J connectivity index is 1.98. The van der Waals surface area contributed by atoms with Crippen LogP contribution in [0.1, 0.15) is 16.0 Å². The topological polar surface area (TPSA) is 26.0 Å². The molecule has 0 spiro atoms. The molecular weight excluding hydrogens is 258 g/mol. The monoisotopic (exact) mass is 273 g/mol. The van der Waals surface area contributed by atoms with Gasteiger partial charge in [0.25, 0.3) is 0 Å². The second-order valence-electron chi connectivity index (χ2n) is 3.86. The molecule has 3 heteroatoms. The summed E-state index contributed by atoms with van der Waals surface area (Å²) in [6.45, 7) is 2.57. The number of hydrogen-bond acceptors (Lipinski definition) is 3. The van der Waals surface area contributed by atoms with Crippen molar-refractivity contribution in [3.05, 3.63) is 51.7 Å². The summed E-state index contributed by atoms with van der Waals surface area (Å²) in [4.78, 5) is 2.70. The van der Waals surface area contributed by atoms with Crippen molar-refractivity contribution in [1.82, 2.24) is 0 Å². The molecule has 2 rings (SSSR count). The summed E-state index contributed by atoms with van der Waals surface area (Å²) in [5, 5.41) is 2.09. The Labute approximate surface area is 116 Å². The zero-order valence-electron chi connectivity index (χ0n) is 10.3. The molecule has 1 heterocycles. The average Bonchev–Trinajstić information content (AvgIpc) is 2.83. The van der Waals surface area contributed by atoms with Crippen molar-refractivity contribution in [2.75, 3.05) is 6.54 Å². The Morgan fingerprint density at radius 3 is 2.94 bits per heavy atom. The number of thiophene rings is 1. The Morgan fingerprint density at radius 2 is 2.17 bits per heavy atom. The number of thioether (sulfide) groups is 1. The lowest BCUT2D eigenvalue weighted by Gasteiger charge is -2.03. The minimum atomic E-state index is 0.420. The minimum absolute atomic E-state index is 0.420. The molecule has 0 aliphatic carbocycles. The fourth-order valence-corrected chi connectivity index (χ4v) is 3.44. The molecule has 2 aromatic rings. The Bertz CT molecular complexity index is 575. The largest absolute Gasteiger partial charge is 0.320 e. The highest BCUT2D eigenvalue weighted by molar-refractivity contribution is 7.98. The van der Waals surface area contributed by atoms with Gasteiger partial charge in [-0.3, -0.25) is 0 Å². The molecule has 92 valence electrons. The average molecular weight is 273 g/mol. The van der Waals surface area contributed by atoms with Crippen LogP contribution in [-0.2, 0) is 5.75 Å². The first-order chi connectivity index (χ1) is 8.79. The van der Waals surface area contributed by atoms with E-state index in [4.69, 9.17) is 5.73 Å². The van der Waals surface area contributed by atoms with E-state index in [9.17, 15) is 0 Å². The Hall–Kier alpha value is -1.21. The lowest BCUT2D eigenvalue weighted by molar-refractivity contribution is 1.29. The summed E-state index contributed by atoms with van der Waals surface area (Å²) >= 11 is 3.64. The number of rotatable bonds is 3. The minimum Gasteiger partial charge on any atom is -0.320 e. The quantitative estimate of drug-likeness (QED) is 0.682. The molecule has 0 amide bonds. The van der Waals surface area contributed by atoms with Gasteiger partial charge < -0.3 is 5.73 Å². The third kappa shape index (κ3) is 3.64. The van der Waals surface area contributed by atoms with Crippen LogP contribution in [0, 0.1) is 18.8 Å². The van der Waals surface area contributed by atoms with Crippen LogP contribution < -0.4 is 5.73 Å². The van der Waals surface area contributed by atoms with E-state index in [0.29, 0.717) is 6.54 Å². The molecule has 0 unspecified atom stereocenters. The second-order valence-corrected chi connectivity index (χ2v) is 5.87. The summed E-state index contributed by atoms with van der Waals surface area (Å²) in [5.74, 6) is 6.94. The maximum Gasteiger partial charge on any atom is 0.0555 e. The predicted molar refractivity (Wildman–Crippen MR) is 81.0 cm³/mol. The van der Waals surface area contributed by atoms with Crippen molar-refractivity contribution in [3.8, 4) is 11.8 Å². The lowest BCUT2D eigenvalue weighted by atomic mass is 10.2. The number of nitrogens with two attached hydrogens (primary N) is 1. The maximum atomic E-state index is 5.36. The van der Waals surface area contributed by atoms with Crippen LogP contribution in [0.25, 0.3) is 0 Å². The van der Waals surface area contributed by atoms with Crippen LogP contribution in [-0.4, -0.2) is 6.54 Å². The predicted octanol–water partition coefficient (Wildman–Crippen LogP) is 3.66. The van der Waals surface area contributed by atoms with E-state index < -0.39 is 0 Å². The van der Waals surface area contributed by atoms with Gasteiger partial charge in [-0.1, -0.05) is 30.0 Å². The van der Waals surface area contributed by atoms with E-state index in [1.807, 2.05) is 11.8 Å². The van der Waals surface area contributed by atoms with Crippen molar-refractivity contribution in [2.45, 2.75) is 17.6 Å². The smallest absolute Gasteiger partial charge is 0.0555 e. The fourth-order valence-electron chi connectivity index (χ4n) is 1.54. The number of benzene rings is 1. The summed E-state index contributed by atoms with van der Waals surface area (Å²) in [5.41, 5.74) is 7.77. The Kier molecular flexibility index (Phi) is 4.89. The van der Waals surface area contributed by atoms with Gasteiger partial charge in [-0.05, 0) is 24.6 Å². The zero-order chi connectivity index (χ0) is 12.8. The van der Waals surface area contributed by atoms with Crippen LogP contribution in [0.4, 0.5) is 0 Å². The first-order valence-corrected chi connectivity index (χ1v) is 7.61. The summed E-state index contributed by atoms with van der Waals surface area (Å²) in [6, 6.07) is 10.6. The molecular formula is C15H15NS2. The molecule has 0 aliphatic rings. The molecule has 0 saturated carbocycles. The van der Waals surface area contributed by atoms with Gasteiger partial charge in [-0.2, -0.15) is 0 Å². The molecule has 0 fully saturated rings. The van der Waals surface area contributed by atoms with Crippen LogP contribution in [0.5, 0.6) is 0 Å². The van der Waals surface area contributed by atoms with Crippen molar-refractivity contribution < 1.29 is 0 Å². The standard InChI is InChI=1S/C15H15NS2/c1-12-5-2-3-7-15(12)18-11-14-9-13(10-17-14)6-4-8-16/h2-3,5,7,9-10H,8,11,16H2,1H3. The van der Waals surface area contributed by atoms with Gasteiger partial charge in [0.05, 0.1) is 6.54 Å².